The molecule has 0 bridgehead atoms. The summed E-state index contributed by atoms with van der Waals surface area (Å²) < 4.78 is 30.3. The quantitative estimate of drug-likeness (QED) is 0.755. The summed E-state index contributed by atoms with van der Waals surface area (Å²) in [6, 6.07) is 1.58. The van der Waals surface area contributed by atoms with Crippen LogP contribution in [0.1, 0.15) is 38.1 Å². The van der Waals surface area contributed by atoms with Gasteiger partial charge in [0.25, 0.3) is 15.9 Å². The summed E-state index contributed by atoms with van der Waals surface area (Å²) in [7, 11) is -4.12. The van der Waals surface area contributed by atoms with Crippen LogP contribution in [-0.4, -0.2) is 41.2 Å². The monoisotopic (exact) mass is 312 g/mol. The lowest BCUT2D eigenvalue weighted by Gasteiger charge is -2.26. The van der Waals surface area contributed by atoms with Gasteiger partial charge < -0.3 is 4.74 Å². The lowest BCUT2D eigenvalue weighted by atomic mass is 10.2. The second kappa shape index (κ2) is 4.80. The van der Waals surface area contributed by atoms with Crippen LogP contribution >= 0.6 is 0 Å². The maximum absolute atomic E-state index is 12.3. The third-order valence-corrected chi connectivity index (χ3v) is 4.62. The molecule has 7 nitrogen and oxygen atoms in total. The van der Waals surface area contributed by atoms with Gasteiger partial charge in [0, 0.05) is 6.20 Å². The normalized spacial score (nSPS) is 18.3. The van der Waals surface area contributed by atoms with Crippen molar-refractivity contribution in [1.82, 2.24) is 9.29 Å². The molecule has 0 fully saturated rings. The second-order valence-electron chi connectivity index (χ2n) is 5.67. The molecule has 0 radical (unpaired) electrons. The van der Waals surface area contributed by atoms with Gasteiger partial charge in [0.05, 0.1) is 5.56 Å². The topological polar surface area (TPSA) is 93.6 Å². The molecule has 1 atom stereocenters. The summed E-state index contributed by atoms with van der Waals surface area (Å²) in [5.41, 5.74) is -0.809. The van der Waals surface area contributed by atoms with Crippen molar-refractivity contribution in [1.29, 1.82) is 0 Å². The predicted molar refractivity (Wildman–Crippen MR) is 72.9 cm³/mol. The second-order valence-corrected chi connectivity index (χ2v) is 7.40. The van der Waals surface area contributed by atoms with Gasteiger partial charge in [0.1, 0.15) is 11.6 Å². The fourth-order valence-electron chi connectivity index (χ4n) is 1.95. The van der Waals surface area contributed by atoms with Gasteiger partial charge in [-0.1, -0.05) is 0 Å². The number of aromatic nitrogens is 1. The average Bonchev–Trinajstić information content (AvgIpc) is 2.55. The van der Waals surface area contributed by atoms with Crippen molar-refractivity contribution in [3.05, 3.63) is 23.9 Å². The molecule has 1 aromatic rings. The van der Waals surface area contributed by atoms with E-state index in [0.717, 1.165) is 0 Å². The Hall–Kier alpha value is -1.96. The molecular formula is C13H16N2O5S. The number of amides is 1. The standard InChI is InChI=1S/C13H16N2O5S/c1-8(12(17)20-13(2,3)4)15-11(16)9-6-5-7-14-10(9)21(15,18)19/h5-8H,1-4H3. The van der Waals surface area contributed by atoms with Gasteiger partial charge in [-0.3, -0.25) is 4.79 Å². The van der Waals surface area contributed by atoms with Gasteiger partial charge >= 0.3 is 5.97 Å². The van der Waals surface area contributed by atoms with E-state index in [0.29, 0.717) is 4.31 Å². The zero-order valence-electron chi connectivity index (χ0n) is 12.2. The minimum Gasteiger partial charge on any atom is -0.458 e. The van der Waals surface area contributed by atoms with Crippen molar-refractivity contribution in [3.8, 4) is 0 Å². The van der Waals surface area contributed by atoms with Crippen molar-refractivity contribution >= 4 is 21.9 Å². The highest BCUT2D eigenvalue weighted by Gasteiger charge is 2.47. The third-order valence-electron chi connectivity index (χ3n) is 2.80. The van der Waals surface area contributed by atoms with Crippen LogP contribution in [-0.2, 0) is 19.6 Å². The maximum atomic E-state index is 12.3. The summed E-state index contributed by atoms with van der Waals surface area (Å²) in [4.78, 5) is 28.0. The number of nitrogens with zero attached hydrogens (tertiary/aromatic N) is 2. The van der Waals surface area contributed by atoms with Crippen LogP contribution in [0, 0.1) is 0 Å². The molecule has 21 heavy (non-hydrogen) atoms. The van der Waals surface area contributed by atoms with Crippen molar-refractivity contribution in [3.63, 3.8) is 0 Å². The minimum absolute atomic E-state index is 0.0343. The molecule has 1 aliphatic heterocycles. The third kappa shape index (κ3) is 2.63. The van der Waals surface area contributed by atoms with E-state index in [1.54, 1.807) is 20.8 Å². The van der Waals surface area contributed by atoms with Crippen LogP contribution in [0.4, 0.5) is 0 Å². The number of rotatable bonds is 2. The molecule has 1 amide bonds. The van der Waals surface area contributed by atoms with Crippen molar-refractivity contribution in [2.45, 2.75) is 44.4 Å². The molecule has 114 valence electrons. The van der Waals surface area contributed by atoms with Crippen LogP contribution in [0.25, 0.3) is 0 Å². The van der Waals surface area contributed by atoms with E-state index >= 15 is 0 Å². The molecule has 1 unspecified atom stereocenters. The zero-order valence-corrected chi connectivity index (χ0v) is 13.0. The molecular weight excluding hydrogens is 296 g/mol. The van der Waals surface area contributed by atoms with Gasteiger partial charge in [0.2, 0.25) is 0 Å². The average molecular weight is 312 g/mol. The van der Waals surface area contributed by atoms with Crippen LogP contribution in [0.3, 0.4) is 0 Å². The van der Waals surface area contributed by atoms with Gasteiger partial charge in [0.15, 0.2) is 5.03 Å². The van der Waals surface area contributed by atoms with Gasteiger partial charge in [-0.15, -0.1) is 0 Å². The summed E-state index contributed by atoms with van der Waals surface area (Å²) in [6.45, 7) is 6.30. The van der Waals surface area contributed by atoms with Gasteiger partial charge in [-0.05, 0) is 39.8 Å². The highest BCUT2D eigenvalue weighted by molar-refractivity contribution is 7.90. The Morgan fingerprint density at radius 3 is 2.52 bits per heavy atom. The zero-order chi connectivity index (χ0) is 16.0. The maximum Gasteiger partial charge on any atom is 0.330 e. The van der Waals surface area contributed by atoms with Crippen LogP contribution in [0.15, 0.2) is 23.4 Å². The first kappa shape index (κ1) is 15.4. The van der Waals surface area contributed by atoms with Crippen LogP contribution < -0.4 is 0 Å². The minimum atomic E-state index is -4.12. The number of carbonyl (C=O) groups excluding carboxylic acids is 2. The first-order chi connectivity index (χ1) is 9.55. The molecule has 2 rings (SSSR count). The van der Waals surface area contributed by atoms with E-state index in [9.17, 15) is 18.0 Å². The molecule has 0 saturated carbocycles. The largest absolute Gasteiger partial charge is 0.458 e. The summed E-state index contributed by atoms with van der Waals surface area (Å²) in [5, 5.41) is -0.328. The number of hydrogen-bond acceptors (Lipinski definition) is 6. The molecule has 1 aromatic heterocycles. The Morgan fingerprint density at radius 1 is 1.38 bits per heavy atom. The number of sulfonamides is 1. The predicted octanol–water partition coefficient (Wildman–Crippen LogP) is 0.956. The lowest BCUT2D eigenvalue weighted by Crippen LogP contribution is -2.45. The number of carbonyl (C=O) groups is 2. The Balaban J connectivity index is 2.39. The summed E-state index contributed by atoms with van der Waals surface area (Å²) >= 11 is 0. The summed E-state index contributed by atoms with van der Waals surface area (Å²) in [6.07, 6.45) is 1.28. The molecule has 8 heteroatoms. The molecule has 1 aliphatic rings. The molecule has 0 N–H and O–H groups in total. The fraction of sp³-hybridized carbons (Fsp3) is 0.462. The van der Waals surface area contributed by atoms with Crippen LogP contribution in [0.5, 0.6) is 0 Å². The molecule has 0 spiro atoms. The number of esters is 1. The number of ether oxygens (including phenoxy) is 1. The van der Waals surface area contributed by atoms with Crippen molar-refractivity contribution in [2.75, 3.05) is 0 Å². The smallest absolute Gasteiger partial charge is 0.330 e. The first-order valence-corrected chi connectivity index (χ1v) is 7.76. The van der Waals surface area contributed by atoms with E-state index in [4.69, 9.17) is 4.74 Å². The van der Waals surface area contributed by atoms with Gasteiger partial charge in [-0.25, -0.2) is 14.1 Å². The molecule has 2 heterocycles. The lowest BCUT2D eigenvalue weighted by molar-refractivity contribution is -0.158. The SMILES string of the molecule is CC(C(=O)OC(C)(C)C)N1C(=O)c2cccnc2S1(=O)=O. The summed E-state index contributed by atoms with van der Waals surface area (Å²) in [5.74, 6) is -1.55. The van der Waals surface area contributed by atoms with E-state index in [1.165, 1.54) is 25.3 Å². The molecule has 0 aromatic carbocycles. The van der Waals surface area contributed by atoms with Gasteiger partial charge in [-0.2, -0.15) is 8.42 Å². The van der Waals surface area contributed by atoms with Crippen LogP contribution in [0.2, 0.25) is 0 Å². The van der Waals surface area contributed by atoms with Crippen molar-refractivity contribution in [2.24, 2.45) is 0 Å². The Kier molecular flexibility index (Phi) is 3.53. The fourth-order valence-corrected chi connectivity index (χ4v) is 3.58. The van der Waals surface area contributed by atoms with E-state index in [-0.39, 0.29) is 10.6 Å². The highest BCUT2D eigenvalue weighted by atomic mass is 32.2. The van der Waals surface area contributed by atoms with E-state index < -0.39 is 33.5 Å². The molecule has 0 aliphatic carbocycles. The molecule has 0 saturated heterocycles. The Morgan fingerprint density at radius 2 is 2.00 bits per heavy atom. The number of hydrogen-bond donors (Lipinski definition) is 0. The highest BCUT2D eigenvalue weighted by Crippen LogP contribution is 2.30. The first-order valence-electron chi connectivity index (χ1n) is 6.32. The number of fused-ring (bicyclic) bond motifs is 1. The number of pyridine rings is 1. The Labute approximate surface area is 123 Å². The Bertz CT molecular complexity index is 706. The van der Waals surface area contributed by atoms with E-state index in [1.807, 2.05) is 0 Å². The van der Waals surface area contributed by atoms with Crippen molar-refractivity contribution < 1.29 is 22.7 Å². The van der Waals surface area contributed by atoms with E-state index in [2.05, 4.69) is 4.98 Å².